The van der Waals surface area contributed by atoms with Gasteiger partial charge in [0.1, 0.15) is 0 Å². The maximum atomic E-state index is 4.05. The summed E-state index contributed by atoms with van der Waals surface area (Å²) in [5, 5.41) is 0. The van der Waals surface area contributed by atoms with Crippen LogP contribution in [0.25, 0.3) is 0 Å². The quantitative estimate of drug-likeness (QED) is 0.382. The third kappa shape index (κ3) is 3.59. The van der Waals surface area contributed by atoms with Crippen LogP contribution in [0.4, 0.5) is 0 Å². The van der Waals surface area contributed by atoms with Gasteiger partial charge in [-0.25, -0.2) is 0 Å². The Morgan fingerprint density at radius 2 is 2.12 bits per heavy atom. The van der Waals surface area contributed by atoms with E-state index in [4.69, 9.17) is 0 Å². The molecule has 0 aliphatic carbocycles. The second kappa shape index (κ2) is 4.57. The Morgan fingerprint density at radius 3 is 2.50 bits per heavy atom. The average molecular weight is 111 g/mol. The summed E-state index contributed by atoms with van der Waals surface area (Å²) in [7, 11) is 0. The van der Waals surface area contributed by atoms with E-state index in [9.17, 15) is 0 Å². The summed E-state index contributed by atoms with van der Waals surface area (Å²) in [6.45, 7) is 6.89. The maximum absolute atomic E-state index is 4.05. The fraction of sp³-hybridized carbons (Fsp3) is 0.571. The fourth-order valence-electron chi connectivity index (χ4n) is 0.327. The van der Waals surface area contributed by atoms with Crippen molar-refractivity contribution >= 4 is 6.21 Å². The molecule has 0 heterocycles. The topological polar surface area (TPSA) is 12.4 Å². The van der Waals surface area contributed by atoms with Crippen molar-refractivity contribution < 1.29 is 0 Å². The molecule has 1 heteroatoms. The van der Waals surface area contributed by atoms with Gasteiger partial charge in [-0.3, -0.25) is 4.99 Å². The zero-order valence-electron chi connectivity index (χ0n) is 5.81. The number of nitrogens with zero attached hydrogens (tertiary/aromatic N) is 1. The highest BCUT2D eigenvalue weighted by atomic mass is 14.7. The van der Waals surface area contributed by atoms with Crippen LogP contribution in [-0.2, 0) is 0 Å². The van der Waals surface area contributed by atoms with Crippen molar-refractivity contribution in [3.63, 3.8) is 0 Å². The molecule has 0 atom stereocenters. The second-order valence-electron chi connectivity index (χ2n) is 1.73. The van der Waals surface area contributed by atoms with Crippen molar-refractivity contribution in [2.45, 2.75) is 20.8 Å². The van der Waals surface area contributed by atoms with Crippen LogP contribution in [0.1, 0.15) is 20.8 Å². The van der Waals surface area contributed by atoms with Gasteiger partial charge in [0.25, 0.3) is 0 Å². The van der Waals surface area contributed by atoms with Crippen LogP contribution < -0.4 is 0 Å². The van der Waals surface area contributed by atoms with Crippen LogP contribution in [0, 0.1) is 0 Å². The minimum absolute atomic E-state index is 0.854. The van der Waals surface area contributed by atoms with Crippen molar-refractivity contribution in [3.05, 3.63) is 11.6 Å². The molecular formula is C7H13N. The fourth-order valence-corrected chi connectivity index (χ4v) is 0.327. The van der Waals surface area contributed by atoms with Crippen molar-refractivity contribution in [2.75, 3.05) is 6.54 Å². The van der Waals surface area contributed by atoms with Crippen molar-refractivity contribution in [2.24, 2.45) is 4.99 Å². The Morgan fingerprint density at radius 1 is 1.50 bits per heavy atom. The molecule has 0 aliphatic rings. The summed E-state index contributed by atoms with van der Waals surface area (Å²) in [6.07, 6.45) is 3.90. The highest BCUT2D eigenvalue weighted by Crippen LogP contribution is 1.89. The van der Waals surface area contributed by atoms with Gasteiger partial charge in [-0.1, -0.05) is 11.6 Å². The largest absolute Gasteiger partial charge is 0.293 e. The summed E-state index contributed by atoms with van der Waals surface area (Å²) in [6, 6.07) is 0. The maximum Gasteiger partial charge on any atom is 0.0592 e. The van der Waals surface area contributed by atoms with E-state index in [1.807, 2.05) is 20.1 Å². The van der Waals surface area contributed by atoms with E-state index in [1.165, 1.54) is 5.57 Å². The Kier molecular flexibility index (Phi) is 4.23. The molecule has 0 fully saturated rings. The third-order valence-corrected chi connectivity index (χ3v) is 1.02. The van der Waals surface area contributed by atoms with Crippen molar-refractivity contribution in [1.29, 1.82) is 0 Å². The molecule has 0 saturated carbocycles. The van der Waals surface area contributed by atoms with Crippen LogP contribution in [0.2, 0.25) is 0 Å². The summed E-state index contributed by atoms with van der Waals surface area (Å²) in [4.78, 5) is 4.05. The average Bonchev–Trinajstić information content (AvgIpc) is 1.83. The molecule has 0 unspecified atom stereocenters. The number of allylic oxidation sites excluding steroid dienone is 1. The monoisotopic (exact) mass is 111 g/mol. The first kappa shape index (κ1) is 7.41. The first-order chi connectivity index (χ1) is 3.81. The summed E-state index contributed by atoms with van der Waals surface area (Å²) < 4.78 is 0. The van der Waals surface area contributed by atoms with Gasteiger partial charge in [-0.05, 0) is 27.0 Å². The lowest BCUT2D eigenvalue weighted by Gasteiger charge is -1.88. The lowest BCUT2D eigenvalue weighted by molar-refractivity contribution is 1.13. The van der Waals surface area contributed by atoms with E-state index in [0.29, 0.717) is 0 Å². The van der Waals surface area contributed by atoms with Gasteiger partial charge in [0, 0.05) is 0 Å². The third-order valence-electron chi connectivity index (χ3n) is 1.02. The molecule has 0 saturated heterocycles. The van der Waals surface area contributed by atoms with Crippen LogP contribution in [0.15, 0.2) is 16.6 Å². The van der Waals surface area contributed by atoms with Gasteiger partial charge in [-0.2, -0.15) is 0 Å². The van der Waals surface area contributed by atoms with Gasteiger partial charge < -0.3 is 0 Å². The molecule has 0 aliphatic heterocycles. The van der Waals surface area contributed by atoms with Gasteiger partial charge >= 0.3 is 0 Å². The Bertz CT molecular complexity index is 101. The van der Waals surface area contributed by atoms with Gasteiger partial charge in [0.15, 0.2) is 0 Å². The lowest BCUT2D eigenvalue weighted by atomic mass is 10.3. The summed E-state index contributed by atoms with van der Waals surface area (Å²) in [5.41, 5.74) is 1.32. The van der Waals surface area contributed by atoms with Crippen molar-refractivity contribution in [1.82, 2.24) is 0 Å². The zero-order chi connectivity index (χ0) is 6.41. The molecule has 0 rings (SSSR count). The Labute approximate surface area is 51.1 Å². The molecule has 0 aromatic rings. The second-order valence-corrected chi connectivity index (χ2v) is 1.73. The predicted molar refractivity (Wildman–Crippen MR) is 38.5 cm³/mol. The molecule has 0 aromatic carbocycles. The van der Waals surface area contributed by atoms with E-state index in [2.05, 4.69) is 18.0 Å². The smallest absolute Gasteiger partial charge is 0.0592 e. The Balaban J connectivity index is 3.40. The lowest BCUT2D eigenvalue weighted by Crippen LogP contribution is -1.80. The minimum atomic E-state index is 0.854. The molecule has 0 radical (unpaired) electrons. The van der Waals surface area contributed by atoms with E-state index >= 15 is 0 Å². The molecule has 0 spiro atoms. The van der Waals surface area contributed by atoms with Gasteiger partial charge in [0.2, 0.25) is 0 Å². The van der Waals surface area contributed by atoms with Crippen molar-refractivity contribution in [3.8, 4) is 0 Å². The van der Waals surface area contributed by atoms with Gasteiger partial charge in [0.05, 0.1) is 6.54 Å². The van der Waals surface area contributed by atoms with E-state index in [1.54, 1.807) is 0 Å². The highest BCUT2D eigenvalue weighted by molar-refractivity contribution is 5.53. The molecular weight excluding hydrogens is 98.1 g/mol. The SMILES string of the molecule is CC=NC/C(C)=C\C. The molecule has 0 bridgehead atoms. The molecule has 0 aromatic heterocycles. The van der Waals surface area contributed by atoms with E-state index in [0.717, 1.165) is 6.54 Å². The number of hydrogen-bond acceptors (Lipinski definition) is 1. The molecule has 46 valence electrons. The van der Waals surface area contributed by atoms with E-state index < -0.39 is 0 Å². The van der Waals surface area contributed by atoms with Gasteiger partial charge in [-0.15, -0.1) is 0 Å². The first-order valence-electron chi connectivity index (χ1n) is 2.87. The molecule has 0 N–H and O–H groups in total. The Hall–Kier alpha value is -0.590. The number of rotatable bonds is 2. The van der Waals surface area contributed by atoms with Crippen LogP contribution >= 0.6 is 0 Å². The minimum Gasteiger partial charge on any atom is -0.293 e. The summed E-state index contributed by atoms with van der Waals surface area (Å²) in [5.74, 6) is 0. The summed E-state index contributed by atoms with van der Waals surface area (Å²) >= 11 is 0. The standard InChI is InChI=1S/C7H13N/c1-4-7(3)6-8-5-2/h4-5H,6H2,1-3H3/b7-4-,8-5?. The van der Waals surface area contributed by atoms with Crippen LogP contribution in [0.3, 0.4) is 0 Å². The van der Waals surface area contributed by atoms with Crippen LogP contribution in [0.5, 0.6) is 0 Å². The first-order valence-corrected chi connectivity index (χ1v) is 2.87. The predicted octanol–water partition coefficient (Wildman–Crippen LogP) is 2.04. The molecule has 8 heavy (non-hydrogen) atoms. The molecule has 0 amide bonds. The number of hydrogen-bond donors (Lipinski definition) is 0. The normalized spacial score (nSPS) is 13.1. The van der Waals surface area contributed by atoms with E-state index in [-0.39, 0.29) is 0 Å². The number of aliphatic imine (C=N–C) groups is 1. The highest BCUT2D eigenvalue weighted by Gasteiger charge is 1.78. The van der Waals surface area contributed by atoms with Crippen LogP contribution in [-0.4, -0.2) is 12.8 Å². The zero-order valence-corrected chi connectivity index (χ0v) is 5.81. The molecule has 1 nitrogen and oxygen atoms in total.